The lowest BCUT2D eigenvalue weighted by molar-refractivity contribution is -0.133. The fourth-order valence-electron chi connectivity index (χ4n) is 3.81. The third-order valence-electron chi connectivity index (χ3n) is 5.86. The number of hydrogen-bond donors (Lipinski definition) is 2. The van der Waals surface area contributed by atoms with Gasteiger partial charge < -0.3 is 10.2 Å². The third kappa shape index (κ3) is 1.47. The van der Waals surface area contributed by atoms with Gasteiger partial charge in [-0.3, -0.25) is 14.9 Å². The van der Waals surface area contributed by atoms with Crippen LogP contribution in [0.3, 0.4) is 0 Å². The van der Waals surface area contributed by atoms with Gasteiger partial charge in [0.15, 0.2) is 0 Å². The average molecular weight is 279 g/mol. The summed E-state index contributed by atoms with van der Waals surface area (Å²) in [7, 11) is 0. The minimum Gasteiger partial charge on any atom is -0.339 e. The van der Waals surface area contributed by atoms with Crippen molar-refractivity contribution in [2.45, 2.75) is 39.7 Å². The van der Waals surface area contributed by atoms with Crippen molar-refractivity contribution in [1.82, 2.24) is 15.5 Å². The highest BCUT2D eigenvalue weighted by molar-refractivity contribution is 6.07. The number of nitrogens with one attached hydrogen (secondary N) is 2. The maximum Gasteiger partial charge on any atom is 0.322 e. The van der Waals surface area contributed by atoms with E-state index in [-0.39, 0.29) is 35.1 Å². The number of likely N-dealkylation sites (tertiary alicyclic amines) is 1. The Labute approximate surface area is 118 Å². The largest absolute Gasteiger partial charge is 0.339 e. The molecule has 2 aliphatic heterocycles. The van der Waals surface area contributed by atoms with E-state index in [1.807, 2.05) is 0 Å². The zero-order valence-corrected chi connectivity index (χ0v) is 12.4. The van der Waals surface area contributed by atoms with Crippen molar-refractivity contribution in [3.05, 3.63) is 0 Å². The van der Waals surface area contributed by atoms with E-state index in [4.69, 9.17) is 0 Å². The van der Waals surface area contributed by atoms with Crippen molar-refractivity contribution < 1.29 is 14.4 Å². The Morgan fingerprint density at radius 1 is 1.20 bits per heavy atom. The molecule has 3 fully saturated rings. The van der Waals surface area contributed by atoms with Gasteiger partial charge in [-0.25, -0.2) is 4.79 Å². The van der Waals surface area contributed by atoms with E-state index < -0.39 is 11.6 Å². The number of carbonyl (C=O) groups is 3. The van der Waals surface area contributed by atoms with Gasteiger partial charge in [0.05, 0.1) is 6.54 Å². The molecule has 2 N–H and O–H groups in total. The first-order valence-electron chi connectivity index (χ1n) is 7.04. The molecule has 3 aliphatic rings. The first kappa shape index (κ1) is 13.4. The van der Waals surface area contributed by atoms with Gasteiger partial charge in [0.2, 0.25) is 5.91 Å². The second kappa shape index (κ2) is 3.54. The van der Waals surface area contributed by atoms with Crippen LogP contribution in [0.1, 0.15) is 34.1 Å². The van der Waals surface area contributed by atoms with Crippen LogP contribution in [0.5, 0.6) is 0 Å². The molecule has 6 heteroatoms. The van der Waals surface area contributed by atoms with Gasteiger partial charge in [0.25, 0.3) is 5.91 Å². The van der Waals surface area contributed by atoms with Gasteiger partial charge in [0.1, 0.15) is 5.54 Å². The Bertz CT molecular complexity index is 512. The summed E-state index contributed by atoms with van der Waals surface area (Å²) in [6.07, 6.45) is 0.490. The molecule has 0 aromatic carbocycles. The molecule has 0 radical (unpaired) electrons. The van der Waals surface area contributed by atoms with E-state index in [0.717, 1.165) is 0 Å². The van der Waals surface area contributed by atoms with Crippen LogP contribution in [0.4, 0.5) is 4.79 Å². The summed E-state index contributed by atoms with van der Waals surface area (Å²) in [6.45, 7) is 9.22. The van der Waals surface area contributed by atoms with Crippen LogP contribution in [-0.4, -0.2) is 41.4 Å². The molecular formula is C14H21N3O3. The first-order valence-corrected chi connectivity index (χ1v) is 7.04. The number of urea groups is 1. The van der Waals surface area contributed by atoms with Gasteiger partial charge in [0, 0.05) is 12.5 Å². The Morgan fingerprint density at radius 2 is 1.80 bits per heavy atom. The van der Waals surface area contributed by atoms with Crippen LogP contribution in [0, 0.1) is 16.7 Å². The third-order valence-corrected chi connectivity index (χ3v) is 5.86. The maximum absolute atomic E-state index is 12.6. The van der Waals surface area contributed by atoms with Crippen molar-refractivity contribution in [3.63, 3.8) is 0 Å². The number of amides is 4. The summed E-state index contributed by atoms with van der Waals surface area (Å²) in [5, 5.41) is 4.93. The zero-order valence-electron chi connectivity index (χ0n) is 12.4. The Balaban J connectivity index is 1.75. The molecule has 0 aromatic rings. The maximum atomic E-state index is 12.6. The van der Waals surface area contributed by atoms with Gasteiger partial charge >= 0.3 is 6.03 Å². The molecule has 1 atom stereocenters. The molecule has 20 heavy (non-hydrogen) atoms. The standard InChI is InChI=1S/C14H21N3O3/c1-12(2)8(13(12,3)4)9(18)17-6-5-14(7-17)10(19)15-11(20)16-14/h8H,5-7H2,1-4H3,(H2,15,16,19,20). The summed E-state index contributed by atoms with van der Waals surface area (Å²) in [4.78, 5) is 37.6. The van der Waals surface area contributed by atoms with Crippen LogP contribution in [0.2, 0.25) is 0 Å². The summed E-state index contributed by atoms with van der Waals surface area (Å²) in [5.41, 5.74) is -0.933. The predicted molar refractivity (Wildman–Crippen MR) is 71.7 cm³/mol. The smallest absolute Gasteiger partial charge is 0.322 e. The van der Waals surface area contributed by atoms with Crippen LogP contribution < -0.4 is 10.6 Å². The molecule has 2 heterocycles. The molecule has 1 saturated carbocycles. The highest BCUT2D eigenvalue weighted by Crippen LogP contribution is 2.68. The van der Waals surface area contributed by atoms with E-state index in [2.05, 4.69) is 38.3 Å². The number of carbonyl (C=O) groups excluding carboxylic acids is 3. The molecule has 3 rings (SSSR count). The number of hydrogen-bond acceptors (Lipinski definition) is 3. The van der Waals surface area contributed by atoms with Crippen LogP contribution in [-0.2, 0) is 9.59 Å². The van der Waals surface area contributed by atoms with E-state index in [9.17, 15) is 14.4 Å². The highest BCUT2D eigenvalue weighted by Gasteiger charge is 2.69. The molecule has 2 saturated heterocycles. The van der Waals surface area contributed by atoms with Crippen LogP contribution in [0.15, 0.2) is 0 Å². The fraction of sp³-hybridized carbons (Fsp3) is 0.786. The molecule has 1 spiro atoms. The predicted octanol–water partition coefficient (Wildman–Crippen LogP) is 0.479. The van der Waals surface area contributed by atoms with Crippen molar-refractivity contribution in [3.8, 4) is 0 Å². The van der Waals surface area contributed by atoms with Crippen LogP contribution >= 0.6 is 0 Å². The first-order chi connectivity index (χ1) is 9.12. The van der Waals surface area contributed by atoms with Gasteiger partial charge in [-0.1, -0.05) is 27.7 Å². The van der Waals surface area contributed by atoms with Crippen molar-refractivity contribution in [1.29, 1.82) is 0 Å². The summed E-state index contributed by atoms with van der Waals surface area (Å²) >= 11 is 0. The minimum absolute atomic E-state index is 0.00897. The lowest BCUT2D eigenvalue weighted by Gasteiger charge is -2.21. The monoisotopic (exact) mass is 279 g/mol. The van der Waals surface area contributed by atoms with Crippen molar-refractivity contribution in [2.75, 3.05) is 13.1 Å². The molecule has 1 aliphatic carbocycles. The molecule has 110 valence electrons. The highest BCUT2D eigenvalue weighted by atomic mass is 16.2. The van der Waals surface area contributed by atoms with E-state index in [1.54, 1.807) is 4.90 Å². The topological polar surface area (TPSA) is 78.5 Å². The van der Waals surface area contributed by atoms with Crippen molar-refractivity contribution in [2.24, 2.45) is 16.7 Å². The number of nitrogens with zero attached hydrogens (tertiary/aromatic N) is 1. The molecule has 0 bridgehead atoms. The quantitative estimate of drug-likeness (QED) is 0.685. The second-order valence-electron chi connectivity index (χ2n) is 7.38. The fourth-order valence-corrected chi connectivity index (χ4v) is 3.81. The van der Waals surface area contributed by atoms with E-state index in [0.29, 0.717) is 13.0 Å². The lowest BCUT2D eigenvalue weighted by Crippen LogP contribution is -2.50. The summed E-state index contributed by atoms with van der Waals surface area (Å²) in [5.74, 6) is -0.219. The lowest BCUT2D eigenvalue weighted by atomic mass is 9.99. The van der Waals surface area contributed by atoms with Gasteiger partial charge in [-0.2, -0.15) is 0 Å². The molecule has 4 amide bonds. The Morgan fingerprint density at radius 3 is 2.25 bits per heavy atom. The average Bonchev–Trinajstić information content (AvgIpc) is 2.70. The summed E-state index contributed by atoms with van der Waals surface area (Å²) in [6, 6.07) is -0.462. The Hall–Kier alpha value is -1.59. The number of rotatable bonds is 1. The van der Waals surface area contributed by atoms with Gasteiger partial charge in [-0.15, -0.1) is 0 Å². The van der Waals surface area contributed by atoms with Crippen molar-refractivity contribution >= 4 is 17.8 Å². The summed E-state index contributed by atoms with van der Waals surface area (Å²) < 4.78 is 0. The molecule has 1 unspecified atom stereocenters. The normalized spacial score (nSPS) is 34.3. The number of imide groups is 1. The van der Waals surface area contributed by atoms with E-state index >= 15 is 0 Å². The molecule has 6 nitrogen and oxygen atoms in total. The zero-order chi connectivity index (χ0) is 14.9. The molecule has 0 aromatic heterocycles. The molecular weight excluding hydrogens is 258 g/mol. The second-order valence-corrected chi connectivity index (χ2v) is 7.38. The SMILES string of the molecule is CC1(C)C(C(=O)N2CCC3(C2)NC(=O)NC3=O)C1(C)C. The van der Waals surface area contributed by atoms with Crippen LogP contribution in [0.25, 0.3) is 0 Å². The van der Waals surface area contributed by atoms with E-state index in [1.165, 1.54) is 0 Å². The Kier molecular flexibility index (Phi) is 2.37. The van der Waals surface area contributed by atoms with Gasteiger partial charge in [-0.05, 0) is 17.3 Å². The minimum atomic E-state index is -0.907.